The van der Waals surface area contributed by atoms with Gasteiger partial charge in [0, 0.05) is 25.6 Å². The topological polar surface area (TPSA) is 121 Å². The maximum Gasteiger partial charge on any atom is 0.254 e. The number of aromatic nitrogens is 2. The normalized spacial score (nSPS) is 15.6. The summed E-state index contributed by atoms with van der Waals surface area (Å²) in [6, 6.07) is 4.33. The van der Waals surface area contributed by atoms with E-state index in [2.05, 4.69) is 20.6 Å². The second-order valence-corrected chi connectivity index (χ2v) is 14.8. The van der Waals surface area contributed by atoms with Crippen molar-refractivity contribution in [3.05, 3.63) is 46.0 Å². The summed E-state index contributed by atoms with van der Waals surface area (Å²) < 4.78 is 42.9. The molecule has 3 aromatic rings. The number of benzene rings is 1. The Kier molecular flexibility index (Phi) is 9.93. The van der Waals surface area contributed by atoms with Crippen molar-refractivity contribution in [1.29, 1.82) is 0 Å². The highest BCUT2D eigenvalue weighted by atomic mass is 32.2. The Hall–Kier alpha value is -2.74. The van der Waals surface area contributed by atoms with Gasteiger partial charge < -0.3 is 10.6 Å². The minimum atomic E-state index is -3.74. The van der Waals surface area contributed by atoms with Crippen LogP contribution in [0.3, 0.4) is 0 Å². The van der Waals surface area contributed by atoms with Gasteiger partial charge in [-0.15, -0.1) is 11.3 Å². The minimum absolute atomic E-state index is 0.00843. The molecule has 4 rings (SSSR count). The van der Waals surface area contributed by atoms with Gasteiger partial charge in [-0.25, -0.2) is 22.8 Å². The number of carbonyl (C=O) groups is 2. The van der Waals surface area contributed by atoms with Crippen LogP contribution < -0.4 is 10.6 Å². The molecule has 2 aromatic heterocycles. The number of nitrogens with one attached hydrogen (secondary N) is 2. The molecule has 2 N–H and O–H groups in total. The summed E-state index contributed by atoms with van der Waals surface area (Å²) in [6.07, 6.45) is 2.98. The molecule has 1 saturated heterocycles. The molecule has 1 fully saturated rings. The van der Waals surface area contributed by atoms with Crippen LogP contribution in [0.1, 0.15) is 72.7 Å². The van der Waals surface area contributed by atoms with Gasteiger partial charge in [-0.1, -0.05) is 24.3 Å². The lowest BCUT2D eigenvalue weighted by Gasteiger charge is -2.32. The van der Waals surface area contributed by atoms with Crippen molar-refractivity contribution >= 4 is 49.6 Å². The number of anilines is 1. The summed E-state index contributed by atoms with van der Waals surface area (Å²) in [5, 5.41) is 6.79. The maximum absolute atomic E-state index is 14.6. The third kappa shape index (κ3) is 7.37. The highest BCUT2D eigenvalue weighted by molar-refractivity contribution is 7.91. The number of aryl methyl sites for hydroxylation is 3. The Morgan fingerprint density at radius 2 is 1.83 bits per heavy atom. The molecule has 0 aliphatic carbocycles. The molecule has 0 bridgehead atoms. The largest absolute Gasteiger partial charge is 0.349 e. The smallest absolute Gasteiger partial charge is 0.254 e. The Bertz CT molecular complexity index is 1530. The van der Waals surface area contributed by atoms with Crippen LogP contribution in [0.2, 0.25) is 0 Å². The van der Waals surface area contributed by atoms with Gasteiger partial charge in [0.1, 0.15) is 5.82 Å². The van der Waals surface area contributed by atoms with Crippen LogP contribution in [0.5, 0.6) is 0 Å². The van der Waals surface area contributed by atoms with E-state index in [1.54, 1.807) is 19.1 Å². The zero-order valence-electron chi connectivity index (χ0n) is 23.9. The van der Waals surface area contributed by atoms with E-state index in [1.165, 1.54) is 21.7 Å². The summed E-state index contributed by atoms with van der Waals surface area (Å²) in [7, 11) is -3.74. The van der Waals surface area contributed by atoms with Crippen molar-refractivity contribution in [1.82, 2.24) is 19.6 Å². The lowest BCUT2D eigenvalue weighted by molar-refractivity contribution is -0.116. The number of hydrogen-bond acceptors (Lipinski definition) is 8. The fraction of sp³-hybridized carbons (Fsp3) is 0.500. The summed E-state index contributed by atoms with van der Waals surface area (Å²) in [5.41, 5.74) is 1.97. The van der Waals surface area contributed by atoms with Crippen molar-refractivity contribution in [2.24, 2.45) is 5.92 Å². The Labute approximate surface area is 248 Å². The molecule has 0 unspecified atom stereocenters. The molecule has 1 aromatic carbocycles. The Morgan fingerprint density at radius 1 is 1.12 bits per heavy atom. The SMILES string of the molecule is CCCC(=O)Nc1nc(C)c(S(=O)(=O)N2CCC(C[C@H](C)NC(=O)c3cc(-c4sc(C)nc4C)ccc3F)CC2)s1. The highest BCUT2D eigenvalue weighted by Gasteiger charge is 2.33. The van der Waals surface area contributed by atoms with Gasteiger partial charge in [0.2, 0.25) is 5.91 Å². The first kappa shape index (κ1) is 31.2. The molecule has 0 radical (unpaired) electrons. The zero-order chi connectivity index (χ0) is 29.9. The van der Waals surface area contributed by atoms with E-state index in [-0.39, 0.29) is 27.6 Å². The first-order valence-corrected chi connectivity index (χ1v) is 16.8. The van der Waals surface area contributed by atoms with Crippen molar-refractivity contribution < 1.29 is 22.4 Å². The molecular weight excluding hydrogens is 586 g/mol. The number of hydrogen-bond donors (Lipinski definition) is 2. The van der Waals surface area contributed by atoms with E-state index in [0.29, 0.717) is 56.0 Å². The average Bonchev–Trinajstić information content (AvgIpc) is 3.45. The van der Waals surface area contributed by atoms with Gasteiger partial charge >= 0.3 is 0 Å². The molecule has 9 nitrogen and oxygen atoms in total. The molecule has 1 aliphatic rings. The molecule has 41 heavy (non-hydrogen) atoms. The molecule has 0 saturated carbocycles. The number of amides is 2. The highest BCUT2D eigenvalue weighted by Crippen LogP contribution is 2.33. The van der Waals surface area contributed by atoms with Gasteiger partial charge in [-0.05, 0) is 77.0 Å². The third-order valence-corrected chi connectivity index (χ3v) is 11.7. The third-order valence-electron chi connectivity index (χ3n) is 7.07. The van der Waals surface area contributed by atoms with Crippen molar-refractivity contribution in [3.8, 4) is 10.4 Å². The summed E-state index contributed by atoms with van der Waals surface area (Å²) in [6.45, 7) is 9.92. The standard InChI is InChI=1S/C28H36FN5O4S3/c1-6-7-24(35)33-28-32-18(4)27(40-28)41(37,38)34-12-10-20(11-13-34)14-16(2)30-26(36)22-15-21(8-9-23(22)29)25-17(3)31-19(5)39-25/h8-9,15-16,20H,6-7,10-14H2,1-5H3,(H,30,36)(H,32,33,35)/t16-/m0/s1. The average molecular weight is 622 g/mol. The molecule has 13 heteroatoms. The second kappa shape index (κ2) is 13.1. The molecule has 3 heterocycles. The number of thiazole rings is 2. The van der Waals surface area contributed by atoms with Crippen molar-refractivity contribution in [2.45, 2.75) is 77.0 Å². The first-order chi connectivity index (χ1) is 19.4. The summed E-state index contributed by atoms with van der Waals surface area (Å²) in [5.74, 6) is -1.03. The van der Waals surface area contributed by atoms with E-state index in [9.17, 15) is 22.4 Å². The van der Waals surface area contributed by atoms with E-state index in [1.807, 2.05) is 27.7 Å². The van der Waals surface area contributed by atoms with Crippen LogP contribution in [-0.2, 0) is 14.8 Å². The van der Waals surface area contributed by atoms with E-state index in [0.717, 1.165) is 32.5 Å². The lowest BCUT2D eigenvalue weighted by atomic mass is 9.91. The summed E-state index contributed by atoms with van der Waals surface area (Å²) in [4.78, 5) is 34.5. The van der Waals surface area contributed by atoms with Gasteiger partial charge in [-0.3, -0.25) is 9.59 Å². The molecular formula is C28H36FN5O4S3. The number of carbonyl (C=O) groups excluding carboxylic acids is 2. The van der Waals surface area contributed by atoms with E-state index in [4.69, 9.17) is 0 Å². The molecule has 1 atom stereocenters. The molecule has 1 aliphatic heterocycles. The monoisotopic (exact) mass is 621 g/mol. The van der Waals surface area contributed by atoms with Crippen molar-refractivity contribution in [3.63, 3.8) is 0 Å². The predicted molar refractivity (Wildman–Crippen MR) is 160 cm³/mol. The predicted octanol–water partition coefficient (Wildman–Crippen LogP) is 5.68. The number of sulfonamides is 1. The van der Waals surface area contributed by atoms with Crippen LogP contribution in [-0.4, -0.2) is 53.6 Å². The van der Waals surface area contributed by atoms with Crippen LogP contribution in [0, 0.1) is 32.5 Å². The van der Waals surface area contributed by atoms with Crippen LogP contribution >= 0.6 is 22.7 Å². The Balaban J connectivity index is 1.33. The zero-order valence-corrected chi connectivity index (χ0v) is 26.4. The number of piperidine rings is 1. The summed E-state index contributed by atoms with van der Waals surface area (Å²) >= 11 is 2.48. The lowest BCUT2D eigenvalue weighted by Crippen LogP contribution is -2.40. The Morgan fingerprint density at radius 3 is 2.46 bits per heavy atom. The van der Waals surface area contributed by atoms with Crippen molar-refractivity contribution in [2.75, 3.05) is 18.4 Å². The molecule has 2 amide bonds. The van der Waals surface area contributed by atoms with Crippen LogP contribution in [0.4, 0.5) is 9.52 Å². The van der Waals surface area contributed by atoms with Gasteiger partial charge in [0.05, 0.1) is 26.8 Å². The van der Waals surface area contributed by atoms with Crippen LogP contribution in [0.15, 0.2) is 22.4 Å². The van der Waals surface area contributed by atoms with Gasteiger partial charge in [0.25, 0.3) is 15.9 Å². The number of halogens is 1. The van der Waals surface area contributed by atoms with Gasteiger partial charge in [0.15, 0.2) is 9.34 Å². The van der Waals surface area contributed by atoms with Gasteiger partial charge in [-0.2, -0.15) is 4.31 Å². The number of rotatable bonds is 10. The quantitative estimate of drug-likeness (QED) is 0.301. The van der Waals surface area contributed by atoms with E-state index < -0.39 is 21.7 Å². The fourth-order valence-electron chi connectivity index (χ4n) is 5.09. The van der Waals surface area contributed by atoms with E-state index >= 15 is 0 Å². The maximum atomic E-state index is 14.6. The number of nitrogens with zero attached hydrogens (tertiary/aromatic N) is 3. The fourth-order valence-corrected chi connectivity index (χ4v) is 9.04. The molecule has 222 valence electrons. The first-order valence-electron chi connectivity index (χ1n) is 13.7. The minimum Gasteiger partial charge on any atom is -0.349 e. The molecule has 0 spiro atoms. The van der Waals surface area contributed by atoms with Crippen LogP contribution in [0.25, 0.3) is 10.4 Å². The second-order valence-electron chi connectivity index (χ2n) is 10.5.